The molecule has 0 fully saturated rings. The zero-order valence-electron chi connectivity index (χ0n) is 8.58. The summed E-state index contributed by atoms with van der Waals surface area (Å²) in [7, 11) is 1.45. The van der Waals surface area contributed by atoms with Gasteiger partial charge in [0.25, 0.3) is 0 Å². The predicted molar refractivity (Wildman–Crippen MR) is 51.9 cm³/mol. The van der Waals surface area contributed by atoms with Crippen LogP contribution in [0.25, 0.3) is 0 Å². The van der Waals surface area contributed by atoms with E-state index in [-0.39, 0.29) is 11.0 Å². The summed E-state index contributed by atoms with van der Waals surface area (Å²) in [5.41, 5.74) is 1.29. The van der Waals surface area contributed by atoms with Gasteiger partial charge in [-0.05, 0) is 25.7 Å². The Morgan fingerprint density at radius 1 is 1.69 bits per heavy atom. The maximum Gasteiger partial charge on any atom is 0.195 e. The Hall–Kier alpha value is -0.380. The van der Waals surface area contributed by atoms with Gasteiger partial charge in [0.1, 0.15) is 0 Å². The number of hydrogen-bond acceptors (Lipinski definition) is 2. The van der Waals surface area contributed by atoms with Crippen LogP contribution >= 0.6 is 0 Å². The molecule has 1 aliphatic rings. The van der Waals surface area contributed by atoms with E-state index in [1.54, 1.807) is 0 Å². The molecule has 0 saturated heterocycles. The SMILES string of the molecule is CC1=CC(C(O)[NH+](C)[O-])C(C)CC1. The van der Waals surface area contributed by atoms with Crippen molar-refractivity contribution in [3.63, 3.8) is 0 Å². The van der Waals surface area contributed by atoms with Gasteiger partial charge in [0.2, 0.25) is 0 Å². The van der Waals surface area contributed by atoms with Gasteiger partial charge in [-0.1, -0.05) is 18.6 Å². The number of hydrogen-bond donors (Lipinski definition) is 2. The van der Waals surface area contributed by atoms with Crippen molar-refractivity contribution < 1.29 is 10.2 Å². The molecule has 0 aromatic heterocycles. The Morgan fingerprint density at radius 3 is 2.85 bits per heavy atom. The van der Waals surface area contributed by atoms with E-state index >= 15 is 0 Å². The topological polar surface area (TPSA) is 47.7 Å². The minimum absolute atomic E-state index is 0.0336. The molecule has 76 valence electrons. The average molecular weight is 185 g/mol. The molecule has 2 N–H and O–H groups in total. The molecule has 4 unspecified atom stereocenters. The fraction of sp³-hybridized carbons (Fsp3) is 0.800. The molecule has 0 spiro atoms. The zero-order valence-corrected chi connectivity index (χ0v) is 8.58. The summed E-state index contributed by atoms with van der Waals surface area (Å²) in [5.74, 6) is 0.453. The molecule has 13 heavy (non-hydrogen) atoms. The predicted octanol–water partition coefficient (Wildman–Crippen LogP) is 0.310. The standard InChI is InChI=1S/C10H19NO2/c1-7-4-5-8(2)9(6-7)10(12)11(3)13/h6,8-12H,4-5H2,1-3H3. The van der Waals surface area contributed by atoms with Crippen LogP contribution in [-0.2, 0) is 0 Å². The summed E-state index contributed by atoms with van der Waals surface area (Å²) in [5, 5.41) is 20.5. The van der Waals surface area contributed by atoms with E-state index in [2.05, 4.69) is 19.9 Å². The molecule has 3 nitrogen and oxygen atoms in total. The van der Waals surface area contributed by atoms with Gasteiger partial charge in [-0.25, -0.2) is 0 Å². The molecular weight excluding hydrogens is 166 g/mol. The van der Waals surface area contributed by atoms with Crippen molar-refractivity contribution in [2.45, 2.75) is 32.9 Å². The van der Waals surface area contributed by atoms with Gasteiger partial charge >= 0.3 is 0 Å². The van der Waals surface area contributed by atoms with E-state index in [0.717, 1.165) is 12.8 Å². The second-order valence-corrected chi connectivity index (χ2v) is 4.16. The fourth-order valence-electron chi connectivity index (χ4n) is 1.90. The molecule has 0 amide bonds. The third-order valence-electron chi connectivity index (χ3n) is 2.91. The van der Waals surface area contributed by atoms with Crippen LogP contribution in [0.4, 0.5) is 0 Å². The van der Waals surface area contributed by atoms with Crippen molar-refractivity contribution in [2.24, 2.45) is 11.8 Å². The Kier molecular flexibility index (Phi) is 3.47. The summed E-state index contributed by atoms with van der Waals surface area (Å²) in [4.78, 5) is 0. The van der Waals surface area contributed by atoms with Crippen molar-refractivity contribution in [2.75, 3.05) is 7.05 Å². The number of quaternary nitrogens is 1. The Balaban J connectivity index is 2.70. The summed E-state index contributed by atoms with van der Waals surface area (Å²) >= 11 is 0. The Labute approximate surface area is 79.6 Å². The van der Waals surface area contributed by atoms with E-state index in [9.17, 15) is 10.3 Å². The molecule has 0 saturated carbocycles. The highest BCUT2D eigenvalue weighted by Crippen LogP contribution is 2.28. The maximum atomic E-state index is 11.0. The summed E-state index contributed by atoms with van der Waals surface area (Å²) in [6.45, 7) is 4.16. The minimum Gasteiger partial charge on any atom is -0.633 e. The molecule has 0 aliphatic heterocycles. The van der Waals surface area contributed by atoms with Crippen molar-refractivity contribution in [3.05, 3.63) is 16.9 Å². The lowest BCUT2D eigenvalue weighted by atomic mass is 9.81. The summed E-state index contributed by atoms with van der Waals surface area (Å²) in [6, 6.07) is 0. The van der Waals surface area contributed by atoms with Crippen LogP contribution < -0.4 is 5.06 Å². The molecule has 1 rings (SSSR count). The van der Waals surface area contributed by atoms with Crippen LogP contribution in [0, 0.1) is 17.0 Å². The van der Waals surface area contributed by atoms with Crippen LogP contribution in [-0.4, -0.2) is 18.4 Å². The van der Waals surface area contributed by atoms with Gasteiger partial charge in [0, 0.05) is 0 Å². The number of aliphatic hydroxyl groups is 1. The monoisotopic (exact) mass is 185 g/mol. The second-order valence-electron chi connectivity index (χ2n) is 4.16. The van der Waals surface area contributed by atoms with Gasteiger partial charge in [0.15, 0.2) is 6.23 Å². The number of hydroxylamine groups is 2. The van der Waals surface area contributed by atoms with Crippen LogP contribution in [0.2, 0.25) is 0 Å². The average Bonchev–Trinajstić information content (AvgIpc) is 2.08. The van der Waals surface area contributed by atoms with Crippen LogP contribution in [0.3, 0.4) is 0 Å². The van der Waals surface area contributed by atoms with Crippen LogP contribution in [0.15, 0.2) is 11.6 Å². The highest BCUT2D eigenvalue weighted by molar-refractivity contribution is 5.07. The normalized spacial score (nSPS) is 33.8. The van der Waals surface area contributed by atoms with Crippen molar-refractivity contribution in [1.82, 2.24) is 0 Å². The molecule has 4 atom stereocenters. The number of nitrogens with one attached hydrogen (secondary N) is 1. The highest BCUT2D eigenvalue weighted by Gasteiger charge is 2.29. The summed E-state index contributed by atoms with van der Waals surface area (Å²) in [6.07, 6.45) is 3.44. The molecule has 0 aromatic carbocycles. The van der Waals surface area contributed by atoms with Crippen LogP contribution in [0.5, 0.6) is 0 Å². The van der Waals surface area contributed by atoms with Crippen LogP contribution in [0.1, 0.15) is 26.7 Å². The maximum absolute atomic E-state index is 11.0. The number of aliphatic hydroxyl groups excluding tert-OH is 1. The lowest BCUT2D eigenvalue weighted by Gasteiger charge is -2.34. The number of allylic oxidation sites excluding steroid dienone is 1. The van der Waals surface area contributed by atoms with Crippen molar-refractivity contribution >= 4 is 0 Å². The van der Waals surface area contributed by atoms with E-state index in [1.807, 2.05) is 0 Å². The molecule has 0 radical (unpaired) electrons. The van der Waals surface area contributed by atoms with E-state index in [4.69, 9.17) is 0 Å². The highest BCUT2D eigenvalue weighted by atomic mass is 16.5. The third kappa shape index (κ3) is 2.53. The zero-order chi connectivity index (χ0) is 10.0. The minimum atomic E-state index is -0.801. The third-order valence-corrected chi connectivity index (χ3v) is 2.91. The Morgan fingerprint density at radius 2 is 2.31 bits per heavy atom. The van der Waals surface area contributed by atoms with Gasteiger partial charge in [-0.2, -0.15) is 0 Å². The fourth-order valence-corrected chi connectivity index (χ4v) is 1.90. The molecule has 0 aromatic rings. The van der Waals surface area contributed by atoms with E-state index < -0.39 is 6.23 Å². The number of rotatable bonds is 2. The smallest absolute Gasteiger partial charge is 0.195 e. The first-order valence-corrected chi connectivity index (χ1v) is 4.88. The van der Waals surface area contributed by atoms with Gasteiger partial charge < -0.3 is 15.4 Å². The van der Waals surface area contributed by atoms with Gasteiger partial charge in [-0.15, -0.1) is 0 Å². The summed E-state index contributed by atoms with van der Waals surface area (Å²) < 4.78 is 0. The first kappa shape index (κ1) is 10.7. The first-order valence-electron chi connectivity index (χ1n) is 4.88. The van der Waals surface area contributed by atoms with Gasteiger partial charge in [-0.3, -0.25) is 0 Å². The van der Waals surface area contributed by atoms with Crippen molar-refractivity contribution in [3.8, 4) is 0 Å². The van der Waals surface area contributed by atoms with Crippen molar-refractivity contribution in [1.29, 1.82) is 0 Å². The molecule has 3 heteroatoms. The molecule has 1 aliphatic carbocycles. The molecule has 0 heterocycles. The molecule has 0 bridgehead atoms. The van der Waals surface area contributed by atoms with E-state index in [1.165, 1.54) is 12.6 Å². The van der Waals surface area contributed by atoms with E-state index in [0.29, 0.717) is 5.92 Å². The van der Waals surface area contributed by atoms with Gasteiger partial charge in [0.05, 0.1) is 13.0 Å². The Bertz CT molecular complexity index is 201. The first-order chi connectivity index (χ1) is 6.02. The largest absolute Gasteiger partial charge is 0.633 e. The quantitative estimate of drug-likeness (QED) is 0.369. The lowest BCUT2D eigenvalue weighted by molar-refractivity contribution is -0.885. The second kappa shape index (κ2) is 4.22. The molecular formula is C10H19NO2. The lowest BCUT2D eigenvalue weighted by Crippen LogP contribution is -3.09.